The van der Waals surface area contributed by atoms with E-state index in [-0.39, 0.29) is 13.0 Å². The second-order valence-electron chi connectivity index (χ2n) is 6.02. The SMILES string of the molecule is CN(CCCC[C@@](F)(CCO)c1ccccc1)c1ccccc1. The van der Waals surface area contributed by atoms with Crippen LogP contribution in [-0.2, 0) is 5.67 Å². The van der Waals surface area contributed by atoms with E-state index in [9.17, 15) is 5.11 Å². The maximum atomic E-state index is 15.2. The van der Waals surface area contributed by atoms with Crippen molar-refractivity contribution in [3.63, 3.8) is 0 Å². The lowest BCUT2D eigenvalue weighted by Gasteiger charge is -2.26. The molecule has 0 aliphatic carbocycles. The third-order valence-electron chi connectivity index (χ3n) is 4.31. The van der Waals surface area contributed by atoms with Gasteiger partial charge in [-0.2, -0.15) is 0 Å². The van der Waals surface area contributed by atoms with Gasteiger partial charge in [-0.05, 0) is 37.0 Å². The van der Waals surface area contributed by atoms with Crippen molar-refractivity contribution in [2.24, 2.45) is 0 Å². The molecule has 0 bridgehead atoms. The minimum absolute atomic E-state index is 0.130. The average molecular weight is 315 g/mol. The summed E-state index contributed by atoms with van der Waals surface area (Å²) in [7, 11) is 2.06. The quantitative estimate of drug-likeness (QED) is 0.687. The molecule has 1 atom stereocenters. The zero-order valence-corrected chi connectivity index (χ0v) is 13.8. The van der Waals surface area contributed by atoms with Gasteiger partial charge in [0.15, 0.2) is 0 Å². The largest absolute Gasteiger partial charge is 0.396 e. The first kappa shape index (κ1) is 17.5. The highest BCUT2D eigenvalue weighted by Gasteiger charge is 2.30. The minimum Gasteiger partial charge on any atom is -0.396 e. The van der Waals surface area contributed by atoms with Crippen LogP contribution in [0.15, 0.2) is 60.7 Å². The van der Waals surface area contributed by atoms with Crippen LogP contribution in [0.4, 0.5) is 10.1 Å². The van der Waals surface area contributed by atoms with Gasteiger partial charge in [0.1, 0.15) is 5.67 Å². The van der Waals surface area contributed by atoms with Crippen LogP contribution in [0, 0.1) is 0 Å². The number of benzene rings is 2. The van der Waals surface area contributed by atoms with Gasteiger partial charge >= 0.3 is 0 Å². The van der Waals surface area contributed by atoms with Crippen LogP contribution in [0.5, 0.6) is 0 Å². The Kier molecular flexibility index (Phi) is 6.60. The van der Waals surface area contributed by atoms with E-state index in [1.165, 1.54) is 5.69 Å². The fourth-order valence-electron chi connectivity index (χ4n) is 2.89. The number of alkyl halides is 1. The Morgan fingerprint density at radius 1 is 0.913 bits per heavy atom. The molecule has 23 heavy (non-hydrogen) atoms. The summed E-state index contributed by atoms with van der Waals surface area (Å²) < 4.78 is 15.2. The molecule has 0 saturated carbocycles. The molecule has 0 spiro atoms. The molecule has 0 aliphatic rings. The highest BCUT2D eigenvalue weighted by molar-refractivity contribution is 5.44. The Morgan fingerprint density at radius 2 is 1.52 bits per heavy atom. The molecule has 0 fully saturated rings. The van der Waals surface area contributed by atoms with Crippen LogP contribution >= 0.6 is 0 Å². The molecule has 0 aromatic heterocycles. The van der Waals surface area contributed by atoms with Crippen molar-refractivity contribution < 1.29 is 9.50 Å². The number of halogens is 1. The van der Waals surface area contributed by atoms with Crippen molar-refractivity contribution in [2.75, 3.05) is 25.1 Å². The molecule has 3 heteroatoms. The summed E-state index contributed by atoms with van der Waals surface area (Å²) in [6, 6.07) is 19.4. The third kappa shape index (κ3) is 5.07. The third-order valence-corrected chi connectivity index (χ3v) is 4.31. The molecule has 2 nitrogen and oxygen atoms in total. The first-order chi connectivity index (χ1) is 11.2. The van der Waals surface area contributed by atoms with Crippen LogP contribution in [0.25, 0.3) is 0 Å². The normalized spacial score (nSPS) is 13.5. The average Bonchev–Trinajstić information content (AvgIpc) is 2.60. The van der Waals surface area contributed by atoms with Gasteiger partial charge in [0.25, 0.3) is 0 Å². The van der Waals surface area contributed by atoms with Crippen molar-refractivity contribution in [1.82, 2.24) is 0 Å². The van der Waals surface area contributed by atoms with Gasteiger partial charge in [0, 0.05) is 32.3 Å². The number of rotatable bonds is 9. The lowest BCUT2D eigenvalue weighted by atomic mass is 9.87. The number of para-hydroxylation sites is 1. The summed E-state index contributed by atoms with van der Waals surface area (Å²) in [6.45, 7) is 0.767. The molecule has 0 saturated heterocycles. The van der Waals surface area contributed by atoms with E-state index in [2.05, 4.69) is 24.1 Å². The maximum Gasteiger partial charge on any atom is 0.138 e. The number of aliphatic hydroxyl groups is 1. The van der Waals surface area contributed by atoms with Gasteiger partial charge in [-0.15, -0.1) is 0 Å². The van der Waals surface area contributed by atoms with Crippen LogP contribution in [0.2, 0.25) is 0 Å². The molecule has 2 rings (SSSR count). The van der Waals surface area contributed by atoms with Crippen molar-refractivity contribution in [2.45, 2.75) is 31.4 Å². The second kappa shape index (κ2) is 8.68. The Balaban J connectivity index is 1.85. The van der Waals surface area contributed by atoms with E-state index in [1.807, 2.05) is 48.5 Å². The monoisotopic (exact) mass is 315 g/mol. The zero-order chi connectivity index (χ0) is 16.5. The van der Waals surface area contributed by atoms with Crippen molar-refractivity contribution in [3.8, 4) is 0 Å². The standard InChI is InChI=1S/C20H26FNO/c1-22(19-12-6-3-7-13-19)16-9-8-14-20(21,15-17-23)18-10-4-2-5-11-18/h2-7,10-13,23H,8-9,14-17H2,1H3/t20-/m1/s1. The topological polar surface area (TPSA) is 23.5 Å². The Labute approximate surface area is 138 Å². The molecular formula is C20H26FNO. The summed E-state index contributed by atoms with van der Waals surface area (Å²) >= 11 is 0. The van der Waals surface area contributed by atoms with Crippen LogP contribution in [-0.4, -0.2) is 25.3 Å². The Hall–Kier alpha value is -1.87. The highest BCUT2D eigenvalue weighted by atomic mass is 19.1. The minimum atomic E-state index is -1.43. The van der Waals surface area contributed by atoms with E-state index in [0.717, 1.165) is 19.4 Å². The molecule has 0 radical (unpaired) electrons. The summed E-state index contributed by atoms with van der Waals surface area (Å²) in [5.41, 5.74) is 0.421. The van der Waals surface area contributed by atoms with Crippen molar-refractivity contribution in [1.29, 1.82) is 0 Å². The van der Waals surface area contributed by atoms with Gasteiger partial charge in [0.2, 0.25) is 0 Å². The molecule has 1 N–H and O–H groups in total. The fourth-order valence-corrected chi connectivity index (χ4v) is 2.89. The number of unbranched alkanes of at least 4 members (excludes halogenated alkanes) is 1. The lowest BCUT2D eigenvalue weighted by Crippen LogP contribution is -2.23. The van der Waals surface area contributed by atoms with Crippen LogP contribution in [0.3, 0.4) is 0 Å². The van der Waals surface area contributed by atoms with E-state index in [4.69, 9.17) is 0 Å². The molecule has 124 valence electrons. The first-order valence-electron chi connectivity index (χ1n) is 8.27. The molecule has 2 aromatic carbocycles. The van der Waals surface area contributed by atoms with E-state index < -0.39 is 5.67 Å². The fraction of sp³-hybridized carbons (Fsp3) is 0.400. The maximum absolute atomic E-state index is 15.2. The predicted molar refractivity (Wildman–Crippen MR) is 94.5 cm³/mol. The Morgan fingerprint density at radius 3 is 2.13 bits per heavy atom. The van der Waals surface area contributed by atoms with Gasteiger partial charge < -0.3 is 10.0 Å². The summed E-state index contributed by atoms with van der Waals surface area (Å²) in [6.07, 6.45) is 2.32. The van der Waals surface area contributed by atoms with E-state index >= 15 is 4.39 Å². The van der Waals surface area contributed by atoms with Crippen molar-refractivity contribution in [3.05, 3.63) is 66.2 Å². The van der Waals surface area contributed by atoms with Crippen molar-refractivity contribution >= 4 is 5.69 Å². The number of hydrogen-bond acceptors (Lipinski definition) is 2. The number of nitrogens with zero attached hydrogens (tertiary/aromatic N) is 1. The van der Waals surface area contributed by atoms with Crippen LogP contribution in [0.1, 0.15) is 31.2 Å². The number of aliphatic hydroxyl groups excluding tert-OH is 1. The van der Waals surface area contributed by atoms with Gasteiger partial charge in [-0.25, -0.2) is 4.39 Å². The van der Waals surface area contributed by atoms with Gasteiger partial charge in [-0.1, -0.05) is 48.5 Å². The molecule has 0 unspecified atom stereocenters. The Bertz CT molecular complexity index is 560. The zero-order valence-electron chi connectivity index (χ0n) is 13.8. The second-order valence-corrected chi connectivity index (χ2v) is 6.02. The summed E-state index contributed by atoms with van der Waals surface area (Å²) in [5, 5.41) is 9.21. The molecule has 0 heterocycles. The van der Waals surface area contributed by atoms with E-state index in [1.54, 1.807) is 0 Å². The first-order valence-corrected chi connectivity index (χ1v) is 8.27. The highest BCUT2D eigenvalue weighted by Crippen LogP contribution is 2.35. The smallest absolute Gasteiger partial charge is 0.138 e. The van der Waals surface area contributed by atoms with Gasteiger partial charge in [-0.3, -0.25) is 0 Å². The summed E-state index contributed by atoms with van der Waals surface area (Å²) in [5.74, 6) is 0. The molecule has 2 aromatic rings. The molecular weight excluding hydrogens is 289 g/mol. The van der Waals surface area contributed by atoms with Crippen LogP contribution < -0.4 is 4.90 Å². The van der Waals surface area contributed by atoms with Gasteiger partial charge in [0.05, 0.1) is 0 Å². The predicted octanol–water partition coefficient (Wildman–Crippen LogP) is 4.54. The molecule has 0 aliphatic heterocycles. The lowest BCUT2D eigenvalue weighted by molar-refractivity contribution is 0.0998. The molecule has 0 amide bonds. The number of anilines is 1. The number of hydrogen-bond donors (Lipinski definition) is 1. The summed E-state index contributed by atoms with van der Waals surface area (Å²) in [4.78, 5) is 2.19. The van der Waals surface area contributed by atoms with E-state index in [0.29, 0.717) is 12.0 Å².